The van der Waals surface area contributed by atoms with E-state index in [2.05, 4.69) is 0 Å². The minimum atomic E-state index is -1.11. The summed E-state index contributed by atoms with van der Waals surface area (Å²) in [6.07, 6.45) is 0.0636. The summed E-state index contributed by atoms with van der Waals surface area (Å²) in [4.78, 5) is 40.0. The fourth-order valence-corrected chi connectivity index (χ4v) is 3.69. The molecule has 1 N–H and O–H groups in total. The van der Waals surface area contributed by atoms with Gasteiger partial charge < -0.3 is 10.0 Å². The Bertz CT molecular complexity index is 884. The summed E-state index contributed by atoms with van der Waals surface area (Å²) in [6, 6.07) is 13.9. The highest BCUT2D eigenvalue weighted by Crippen LogP contribution is 2.38. The molecule has 0 saturated carbocycles. The Balaban J connectivity index is 2.05. The van der Waals surface area contributed by atoms with E-state index in [0.29, 0.717) is 5.56 Å². The first-order valence-corrected chi connectivity index (χ1v) is 9.56. The van der Waals surface area contributed by atoms with Crippen molar-refractivity contribution in [2.75, 3.05) is 6.54 Å². The highest BCUT2D eigenvalue weighted by molar-refractivity contribution is 6.44. The molecule has 0 aromatic heterocycles. The second-order valence-corrected chi connectivity index (χ2v) is 7.42. The number of aliphatic hydroxyl groups is 1. The van der Waals surface area contributed by atoms with Gasteiger partial charge in [0.15, 0.2) is 5.78 Å². The van der Waals surface area contributed by atoms with E-state index in [9.17, 15) is 19.5 Å². The van der Waals surface area contributed by atoms with Crippen LogP contribution in [0.5, 0.6) is 0 Å². The van der Waals surface area contributed by atoms with Gasteiger partial charge in [0.05, 0.1) is 12.1 Å². The zero-order valence-electron chi connectivity index (χ0n) is 16.4. The number of aliphatic hydroxyl groups excluding tert-OH is 1. The summed E-state index contributed by atoms with van der Waals surface area (Å²) in [5.74, 6) is -2.90. The fourth-order valence-electron chi connectivity index (χ4n) is 3.69. The monoisotopic (exact) mass is 379 g/mol. The second-order valence-electron chi connectivity index (χ2n) is 7.42. The van der Waals surface area contributed by atoms with Crippen LogP contribution in [-0.2, 0) is 16.0 Å². The number of nitrogens with zero attached hydrogens (tertiary/aromatic N) is 1. The third-order valence-corrected chi connectivity index (χ3v) is 5.21. The number of Topliss-reactive ketones (excluding diaryl/α,β-unsaturated/α-hetero) is 2. The first-order valence-electron chi connectivity index (χ1n) is 9.56. The van der Waals surface area contributed by atoms with Crippen LogP contribution in [0.3, 0.4) is 0 Å². The van der Waals surface area contributed by atoms with E-state index in [0.717, 1.165) is 23.1 Å². The summed E-state index contributed by atoms with van der Waals surface area (Å²) >= 11 is 0. The highest BCUT2D eigenvalue weighted by atomic mass is 16.3. The standard InChI is InChI=1S/C23H25NO4/c1-4-16-7-11-17(12-8-16)20-19(21(26)18-9-5-14(2)6-10-18)22(27)23(28)24(20)13-15(3)25/h5-12,15,19-20,25H,4,13H2,1-3H3. The SMILES string of the molecule is CCc1ccc(C2C(C(=O)c3ccc(C)cc3)C(=O)C(=O)N2CC(C)O)cc1. The summed E-state index contributed by atoms with van der Waals surface area (Å²) < 4.78 is 0. The Hall–Kier alpha value is -2.79. The molecule has 1 amide bonds. The number of likely N-dealkylation sites (tertiary alicyclic amines) is 1. The van der Waals surface area contributed by atoms with Gasteiger partial charge in [0, 0.05) is 12.1 Å². The maximum atomic E-state index is 13.2. The van der Waals surface area contributed by atoms with Gasteiger partial charge in [-0.25, -0.2) is 0 Å². The first-order chi connectivity index (χ1) is 13.3. The molecule has 3 rings (SSSR count). The number of benzene rings is 2. The van der Waals surface area contributed by atoms with Crippen molar-refractivity contribution in [3.63, 3.8) is 0 Å². The zero-order chi connectivity index (χ0) is 20.4. The van der Waals surface area contributed by atoms with Crippen LogP contribution in [0.2, 0.25) is 0 Å². The van der Waals surface area contributed by atoms with E-state index in [1.165, 1.54) is 4.90 Å². The quantitative estimate of drug-likeness (QED) is 0.476. The van der Waals surface area contributed by atoms with E-state index in [1.807, 2.05) is 50.2 Å². The summed E-state index contributed by atoms with van der Waals surface area (Å²) in [7, 11) is 0. The van der Waals surface area contributed by atoms with Gasteiger partial charge in [0.1, 0.15) is 5.92 Å². The van der Waals surface area contributed by atoms with Crippen LogP contribution in [0.4, 0.5) is 0 Å². The van der Waals surface area contributed by atoms with Crippen molar-refractivity contribution >= 4 is 17.5 Å². The second kappa shape index (κ2) is 8.07. The van der Waals surface area contributed by atoms with Crippen LogP contribution < -0.4 is 0 Å². The molecule has 0 radical (unpaired) electrons. The first kappa shape index (κ1) is 20.0. The van der Waals surface area contributed by atoms with Gasteiger partial charge in [-0.3, -0.25) is 14.4 Å². The number of hydrogen-bond donors (Lipinski definition) is 1. The van der Waals surface area contributed by atoms with E-state index in [4.69, 9.17) is 0 Å². The van der Waals surface area contributed by atoms with Gasteiger partial charge >= 0.3 is 0 Å². The number of rotatable bonds is 6. The lowest BCUT2D eigenvalue weighted by Gasteiger charge is -2.28. The molecule has 1 aliphatic rings. The Morgan fingerprint density at radius 3 is 2.21 bits per heavy atom. The summed E-state index contributed by atoms with van der Waals surface area (Å²) in [5, 5.41) is 9.85. The number of β-amino-alcohol motifs (C(OH)–C–C–N with tert-alkyl or cyclic N) is 1. The molecule has 2 aromatic rings. The zero-order valence-corrected chi connectivity index (χ0v) is 16.4. The third kappa shape index (κ3) is 3.76. The largest absolute Gasteiger partial charge is 0.392 e. The fraction of sp³-hybridized carbons (Fsp3) is 0.348. The average molecular weight is 379 g/mol. The van der Waals surface area contributed by atoms with Crippen LogP contribution in [-0.4, -0.2) is 40.1 Å². The molecule has 3 unspecified atom stereocenters. The molecule has 0 bridgehead atoms. The molecule has 2 aromatic carbocycles. The molecule has 0 aliphatic carbocycles. The summed E-state index contributed by atoms with van der Waals surface area (Å²) in [6.45, 7) is 5.52. The summed E-state index contributed by atoms with van der Waals surface area (Å²) in [5.41, 5.74) is 3.27. The van der Waals surface area contributed by atoms with Crippen molar-refractivity contribution in [1.82, 2.24) is 4.90 Å². The van der Waals surface area contributed by atoms with Gasteiger partial charge in [0.25, 0.3) is 5.91 Å². The third-order valence-electron chi connectivity index (χ3n) is 5.21. The van der Waals surface area contributed by atoms with Crippen LogP contribution >= 0.6 is 0 Å². The van der Waals surface area contributed by atoms with Gasteiger partial charge in [-0.1, -0.05) is 61.0 Å². The normalized spacial score (nSPS) is 20.5. The van der Waals surface area contributed by atoms with Gasteiger partial charge in [0.2, 0.25) is 5.78 Å². The molecule has 0 spiro atoms. The highest BCUT2D eigenvalue weighted by Gasteiger charge is 2.51. The Labute approximate surface area is 165 Å². The van der Waals surface area contributed by atoms with Crippen molar-refractivity contribution in [2.24, 2.45) is 5.92 Å². The minimum absolute atomic E-state index is 0.00243. The van der Waals surface area contributed by atoms with E-state index >= 15 is 0 Å². The predicted molar refractivity (Wildman–Crippen MR) is 106 cm³/mol. The molecule has 1 aliphatic heterocycles. The molecule has 1 saturated heterocycles. The molecule has 146 valence electrons. The van der Waals surface area contributed by atoms with E-state index in [1.54, 1.807) is 19.1 Å². The maximum absolute atomic E-state index is 13.2. The van der Waals surface area contributed by atoms with E-state index < -0.39 is 29.8 Å². The van der Waals surface area contributed by atoms with Crippen molar-refractivity contribution in [2.45, 2.75) is 39.3 Å². The Morgan fingerprint density at radius 1 is 1.07 bits per heavy atom. The Morgan fingerprint density at radius 2 is 1.68 bits per heavy atom. The average Bonchev–Trinajstić information content (AvgIpc) is 2.92. The lowest BCUT2D eigenvalue weighted by Crippen LogP contribution is -2.36. The minimum Gasteiger partial charge on any atom is -0.392 e. The number of amides is 1. The topological polar surface area (TPSA) is 74.7 Å². The van der Waals surface area contributed by atoms with Crippen LogP contribution in [0.15, 0.2) is 48.5 Å². The van der Waals surface area contributed by atoms with Gasteiger partial charge in [-0.05, 0) is 31.4 Å². The number of carbonyl (C=O) groups excluding carboxylic acids is 3. The molecule has 1 heterocycles. The maximum Gasteiger partial charge on any atom is 0.291 e. The van der Waals surface area contributed by atoms with Crippen molar-refractivity contribution in [3.05, 3.63) is 70.8 Å². The smallest absolute Gasteiger partial charge is 0.291 e. The van der Waals surface area contributed by atoms with Crippen molar-refractivity contribution in [1.29, 1.82) is 0 Å². The predicted octanol–water partition coefficient (Wildman–Crippen LogP) is 2.89. The lowest BCUT2D eigenvalue weighted by atomic mass is 9.86. The van der Waals surface area contributed by atoms with Crippen molar-refractivity contribution in [3.8, 4) is 0 Å². The van der Waals surface area contributed by atoms with Crippen molar-refractivity contribution < 1.29 is 19.5 Å². The number of ketones is 2. The molecular weight excluding hydrogens is 354 g/mol. The Kier molecular flexibility index (Phi) is 5.75. The van der Waals surface area contributed by atoms with Crippen LogP contribution in [0, 0.1) is 12.8 Å². The molecule has 5 nitrogen and oxygen atoms in total. The number of carbonyl (C=O) groups is 3. The molecule has 28 heavy (non-hydrogen) atoms. The van der Waals surface area contributed by atoms with Gasteiger partial charge in [-0.2, -0.15) is 0 Å². The molecule has 5 heteroatoms. The molecule has 1 fully saturated rings. The van der Waals surface area contributed by atoms with Crippen LogP contribution in [0.1, 0.15) is 46.9 Å². The van der Waals surface area contributed by atoms with Gasteiger partial charge in [-0.15, -0.1) is 0 Å². The molecular formula is C23H25NO4. The lowest BCUT2D eigenvalue weighted by molar-refractivity contribution is -0.141. The van der Waals surface area contributed by atoms with Crippen LogP contribution in [0.25, 0.3) is 0 Å². The number of aryl methyl sites for hydroxylation is 2. The van der Waals surface area contributed by atoms with E-state index in [-0.39, 0.29) is 12.3 Å². The molecule has 3 atom stereocenters. The number of hydrogen-bond acceptors (Lipinski definition) is 4.